The van der Waals surface area contributed by atoms with Gasteiger partial charge in [0.2, 0.25) is 0 Å². The predicted molar refractivity (Wildman–Crippen MR) is 155 cm³/mol. The van der Waals surface area contributed by atoms with E-state index in [1.54, 1.807) is 11.3 Å². The first kappa shape index (κ1) is 26.4. The number of likely N-dealkylation sites (tertiary alicyclic amines) is 2. The van der Waals surface area contributed by atoms with E-state index >= 15 is 0 Å². The number of nitrogens with one attached hydrogen (secondary N) is 1. The molecule has 0 bridgehead atoms. The molecule has 6 nitrogen and oxygen atoms in total. The molecule has 37 heavy (non-hydrogen) atoms. The third kappa shape index (κ3) is 6.81. The molecule has 2 aromatic heterocycles. The highest BCUT2D eigenvalue weighted by atomic mass is 32.1. The highest BCUT2D eigenvalue weighted by Gasteiger charge is 2.22. The lowest BCUT2D eigenvalue weighted by Crippen LogP contribution is -2.38. The first-order valence-electron chi connectivity index (χ1n) is 14.3. The molecule has 0 saturated carbocycles. The first-order chi connectivity index (χ1) is 18.1. The van der Waals surface area contributed by atoms with E-state index in [2.05, 4.69) is 60.2 Å². The van der Waals surface area contributed by atoms with Gasteiger partial charge in [-0.3, -0.25) is 9.80 Å². The van der Waals surface area contributed by atoms with Crippen molar-refractivity contribution < 1.29 is 4.74 Å². The van der Waals surface area contributed by atoms with Crippen LogP contribution in [0.15, 0.2) is 24.3 Å². The van der Waals surface area contributed by atoms with Crippen LogP contribution >= 0.6 is 11.3 Å². The molecule has 4 heterocycles. The lowest BCUT2D eigenvalue weighted by atomic mass is 10.0. The average molecular weight is 522 g/mol. The van der Waals surface area contributed by atoms with Crippen LogP contribution in [0.5, 0.6) is 5.75 Å². The molecular formula is C30H43N5OS. The summed E-state index contributed by atoms with van der Waals surface area (Å²) in [6.45, 7) is 14.1. The zero-order valence-electron chi connectivity index (χ0n) is 22.9. The molecule has 3 aromatic rings. The summed E-state index contributed by atoms with van der Waals surface area (Å²) in [6, 6.07) is 9.20. The highest BCUT2D eigenvalue weighted by Crippen LogP contribution is 2.34. The van der Waals surface area contributed by atoms with E-state index in [4.69, 9.17) is 14.7 Å². The monoisotopic (exact) mass is 521 g/mol. The Morgan fingerprint density at radius 2 is 1.73 bits per heavy atom. The molecule has 0 aliphatic carbocycles. The van der Waals surface area contributed by atoms with Crippen molar-refractivity contribution in [1.29, 1.82) is 0 Å². The number of hydrogen-bond donors (Lipinski definition) is 1. The molecule has 0 amide bonds. The molecule has 0 atom stereocenters. The van der Waals surface area contributed by atoms with Crippen LogP contribution in [0, 0.1) is 13.8 Å². The summed E-state index contributed by atoms with van der Waals surface area (Å²) in [7, 11) is 0. The zero-order valence-corrected chi connectivity index (χ0v) is 23.7. The van der Waals surface area contributed by atoms with Crippen LogP contribution in [-0.4, -0.2) is 65.1 Å². The third-order valence-corrected chi connectivity index (χ3v) is 9.03. The number of hydrogen-bond acceptors (Lipinski definition) is 7. The zero-order chi connectivity index (χ0) is 25.6. The van der Waals surface area contributed by atoms with Gasteiger partial charge in [-0.05, 0) is 82.3 Å². The Morgan fingerprint density at radius 1 is 0.973 bits per heavy atom. The number of fused-ring (bicyclic) bond motifs is 1. The number of aromatic nitrogens is 2. The van der Waals surface area contributed by atoms with Crippen LogP contribution in [0.2, 0.25) is 0 Å². The average Bonchev–Trinajstić information content (AvgIpc) is 3.20. The standard InChI is InChI=1S/C30H43N5OS/c1-4-8-27-32-29(28-22(2)23(3)37-30(28)33-27)31-25-13-17-35(18-14-25)21-24-9-11-26(12-10-24)36-20-19-34-15-6-5-7-16-34/h9-12,25H,4-8,13-21H2,1-3H3,(H,31,32,33). The van der Waals surface area contributed by atoms with Crippen LogP contribution < -0.4 is 10.1 Å². The van der Waals surface area contributed by atoms with Gasteiger partial charge in [0.1, 0.15) is 28.8 Å². The van der Waals surface area contributed by atoms with Crippen LogP contribution in [0.25, 0.3) is 10.2 Å². The molecule has 200 valence electrons. The summed E-state index contributed by atoms with van der Waals surface area (Å²) < 4.78 is 6.02. The lowest BCUT2D eigenvalue weighted by molar-refractivity contribution is 0.183. The van der Waals surface area contributed by atoms with Gasteiger partial charge in [-0.15, -0.1) is 11.3 Å². The minimum absolute atomic E-state index is 0.458. The van der Waals surface area contributed by atoms with Crippen LogP contribution in [0.1, 0.15) is 67.3 Å². The van der Waals surface area contributed by atoms with E-state index in [9.17, 15) is 0 Å². The number of rotatable bonds is 10. The van der Waals surface area contributed by atoms with Crippen LogP contribution in [-0.2, 0) is 13.0 Å². The fourth-order valence-corrected chi connectivity index (χ4v) is 6.64. The van der Waals surface area contributed by atoms with E-state index in [-0.39, 0.29) is 0 Å². The van der Waals surface area contributed by atoms with Crippen molar-refractivity contribution >= 4 is 27.4 Å². The van der Waals surface area contributed by atoms with Crippen molar-refractivity contribution in [1.82, 2.24) is 19.8 Å². The number of anilines is 1. The smallest absolute Gasteiger partial charge is 0.139 e. The second-order valence-electron chi connectivity index (χ2n) is 10.8. The summed E-state index contributed by atoms with van der Waals surface area (Å²) in [5.74, 6) is 3.00. The largest absolute Gasteiger partial charge is 0.492 e. The Hall–Kier alpha value is -2.22. The molecule has 2 saturated heterocycles. The van der Waals surface area contributed by atoms with Gasteiger partial charge in [-0.25, -0.2) is 9.97 Å². The summed E-state index contributed by atoms with van der Waals surface area (Å²) >= 11 is 1.80. The summed E-state index contributed by atoms with van der Waals surface area (Å²) in [4.78, 5) is 17.4. The third-order valence-electron chi connectivity index (χ3n) is 7.93. The fourth-order valence-electron chi connectivity index (χ4n) is 5.59. The van der Waals surface area contributed by atoms with Gasteiger partial charge in [0.05, 0.1) is 5.39 Å². The minimum atomic E-state index is 0.458. The van der Waals surface area contributed by atoms with Crippen LogP contribution in [0.4, 0.5) is 5.82 Å². The van der Waals surface area contributed by atoms with E-state index in [0.29, 0.717) is 6.04 Å². The Bertz CT molecular complexity index is 1150. The minimum Gasteiger partial charge on any atom is -0.492 e. The Labute approximate surface area is 226 Å². The second kappa shape index (κ2) is 12.5. The van der Waals surface area contributed by atoms with Crippen molar-refractivity contribution in [2.24, 2.45) is 0 Å². The molecule has 7 heteroatoms. The topological polar surface area (TPSA) is 53.5 Å². The normalized spacial score (nSPS) is 17.9. The second-order valence-corrected chi connectivity index (χ2v) is 12.0. The fraction of sp³-hybridized carbons (Fsp3) is 0.600. The Balaban J connectivity index is 1.11. The van der Waals surface area contributed by atoms with Crippen LogP contribution in [0.3, 0.4) is 0 Å². The number of benzene rings is 1. The molecule has 0 unspecified atom stereocenters. The number of piperidine rings is 2. The van der Waals surface area contributed by atoms with Gasteiger partial charge >= 0.3 is 0 Å². The summed E-state index contributed by atoms with van der Waals surface area (Å²) in [6.07, 6.45) is 8.32. The molecular weight excluding hydrogens is 478 g/mol. The molecule has 2 aliphatic rings. The molecule has 0 radical (unpaired) electrons. The van der Waals surface area contributed by atoms with Gasteiger partial charge < -0.3 is 10.1 Å². The number of ether oxygens (including phenoxy) is 1. The quantitative estimate of drug-likeness (QED) is 0.343. The lowest BCUT2D eigenvalue weighted by Gasteiger charge is -2.32. The van der Waals surface area contributed by atoms with E-state index in [1.807, 2.05) is 0 Å². The van der Waals surface area contributed by atoms with Gasteiger partial charge in [-0.2, -0.15) is 0 Å². The summed E-state index contributed by atoms with van der Waals surface area (Å²) in [5, 5.41) is 5.05. The maximum atomic E-state index is 6.02. The molecule has 1 aromatic carbocycles. The van der Waals surface area contributed by atoms with Crippen molar-refractivity contribution in [2.45, 2.75) is 78.3 Å². The van der Waals surface area contributed by atoms with Gasteiger partial charge in [0, 0.05) is 43.5 Å². The Kier molecular flexibility index (Phi) is 8.95. The van der Waals surface area contributed by atoms with E-state index < -0.39 is 0 Å². The van der Waals surface area contributed by atoms with Crippen molar-refractivity contribution in [3.05, 3.63) is 46.1 Å². The first-order valence-corrected chi connectivity index (χ1v) is 15.1. The van der Waals surface area contributed by atoms with Crippen molar-refractivity contribution in [2.75, 3.05) is 44.6 Å². The molecule has 0 spiro atoms. The number of aryl methyl sites for hydroxylation is 3. The van der Waals surface area contributed by atoms with E-state index in [0.717, 1.165) is 80.7 Å². The number of thiophene rings is 1. The highest BCUT2D eigenvalue weighted by molar-refractivity contribution is 7.18. The summed E-state index contributed by atoms with van der Waals surface area (Å²) in [5.41, 5.74) is 2.68. The van der Waals surface area contributed by atoms with Crippen molar-refractivity contribution in [3.63, 3.8) is 0 Å². The molecule has 1 N–H and O–H groups in total. The van der Waals surface area contributed by atoms with Crippen molar-refractivity contribution in [3.8, 4) is 5.75 Å². The molecule has 5 rings (SSSR count). The molecule has 2 fully saturated rings. The number of nitrogens with zero attached hydrogens (tertiary/aromatic N) is 4. The van der Waals surface area contributed by atoms with Gasteiger partial charge in [0.25, 0.3) is 0 Å². The van der Waals surface area contributed by atoms with Gasteiger partial charge in [0.15, 0.2) is 0 Å². The SMILES string of the molecule is CCCc1nc(NC2CCN(Cc3ccc(OCCN4CCCCC4)cc3)CC2)c2c(C)c(C)sc2n1. The maximum absolute atomic E-state index is 6.02. The molecule has 2 aliphatic heterocycles. The van der Waals surface area contributed by atoms with Gasteiger partial charge in [-0.1, -0.05) is 25.5 Å². The Morgan fingerprint density at radius 3 is 2.46 bits per heavy atom. The predicted octanol–water partition coefficient (Wildman–Crippen LogP) is 6.20. The van der Waals surface area contributed by atoms with E-state index in [1.165, 1.54) is 53.7 Å². The maximum Gasteiger partial charge on any atom is 0.139 e.